The predicted molar refractivity (Wildman–Crippen MR) is 133 cm³/mol. The van der Waals surface area contributed by atoms with Crippen LogP contribution in [0.25, 0.3) is 11.0 Å². The number of nitrogens with zero attached hydrogens (tertiary/aromatic N) is 4. The Morgan fingerprint density at radius 3 is 2.76 bits per heavy atom. The van der Waals surface area contributed by atoms with Crippen molar-refractivity contribution in [1.82, 2.24) is 24.5 Å². The van der Waals surface area contributed by atoms with Crippen molar-refractivity contribution in [2.24, 2.45) is 5.92 Å². The minimum Gasteiger partial charge on any atom is -0.365 e. The zero-order valence-electron chi connectivity index (χ0n) is 20.1. The van der Waals surface area contributed by atoms with Gasteiger partial charge in [0.25, 0.3) is 0 Å². The van der Waals surface area contributed by atoms with Crippen molar-refractivity contribution >= 4 is 16.8 Å². The smallest absolute Gasteiger partial charge is 0.365 e. The summed E-state index contributed by atoms with van der Waals surface area (Å²) in [6.07, 6.45) is 8.78. The first kappa shape index (κ1) is 23.5. The Labute approximate surface area is 211 Å². The molecule has 1 N–H and O–H groups in total. The molecule has 0 amide bonds. The number of halogens is 3. The molecule has 6 rings (SSSR count). The van der Waals surface area contributed by atoms with Crippen molar-refractivity contribution in [2.45, 2.75) is 50.6 Å². The first-order valence-corrected chi connectivity index (χ1v) is 12.6. The molecule has 0 saturated heterocycles. The summed E-state index contributed by atoms with van der Waals surface area (Å²) in [5, 5.41) is 12.3. The molecule has 2 atom stereocenters. The molecule has 0 fully saturated rings. The number of aromatic nitrogens is 4. The second-order valence-electron chi connectivity index (χ2n) is 9.75. The summed E-state index contributed by atoms with van der Waals surface area (Å²) in [5.74, 6) is -0.321. The van der Waals surface area contributed by atoms with Gasteiger partial charge in [0.1, 0.15) is 0 Å². The SMILES string of the molecule is O=C(c1cnn2ccccc12)C1CCCC2=C(CC=CN2)[C@@H](c2cc3c(C(F)(F)F)cccn3n2)CC1. The lowest BCUT2D eigenvalue weighted by atomic mass is 9.83. The van der Waals surface area contributed by atoms with E-state index in [-0.39, 0.29) is 23.1 Å². The molecule has 0 saturated carbocycles. The van der Waals surface area contributed by atoms with Gasteiger partial charge in [-0.2, -0.15) is 23.4 Å². The molecule has 0 spiro atoms. The molecule has 0 radical (unpaired) electrons. The molecule has 0 aromatic carbocycles. The van der Waals surface area contributed by atoms with Crippen molar-refractivity contribution in [3.8, 4) is 0 Å². The van der Waals surface area contributed by atoms with E-state index in [1.54, 1.807) is 23.0 Å². The molecule has 2 aliphatic rings. The summed E-state index contributed by atoms with van der Waals surface area (Å²) in [4.78, 5) is 13.7. The minimum atomic E-state index is -4.47. The summed E-state index contributed by atoms with van der Waals surface area (Å²) in [5.41, 5.74) is 3.58. The number of ketones is 1. The van der Waals surface area contributed by atoms with Crippen LogP contribution < -0.4 is 5.32 Å². The van der Waals surface area contributed by atoms with Gasteiger partial charge < -0.3 is 5.32 Å². The monoisotopic (exact) mass is 505 g/mol. The quantitative estimate of drug-likeness (QED) is 0.332. The van der Waals surface area contributed by atoms with Crippen LogP contribution in [0, 0.1) is 5.92 Å². The maximum Gasteiger partial charge on any atom is 0.418 e. The van der Waals surface area contributed by atoms with E-state index in [9.17, 15) is 18.0 Å². The highest BCUT2D eigenvalue weighted by atomic mass is 19.4. The molecule has 4 aromatic heterocycles. The summed E-state index contributed by atoms with van der Waals surface area (Å²) >= 11 is 0. The lowest BCUT2D eigenvalue weighted by Gasteiger charge is -2.24. The molecule has 1 aliphatic carbocycles. The number of hydrogen-bond acceptors (Lipinski definition) is 4. The summed E-state index contributed by atoms with van der Waals surface area (Å²) in [6.45, 7) is 0. The van der Waals surface area contributed by atoms with Gasteiger partial charge in [-0.15, -0.1) is 0 Å². The van der Waals surface area contributed by atoms with Crippen molar-refractivity contribution in [3.05, 3.63) is 95.4 Å². The van der Waals surface area contributed by atoms with E-state index in [0.717, 1.165) is 42.1 Å². The lowest BCUT2D eigenvalue weighted by Crippen LogP contribution is -2.17. The first-order valence-electron chi connectivity index (χ1n) is 12.6. The van der Waals surface area contributed by atoms with Crippen LogP contribution in [0.5, 0.6) is 0 Å². The van der Waals surface area contributed by atoms with Crippen LogP contribution >= 0.6 is 0 Å². The number of dihydropyridines is 1. The molecular weight excluding hydrogens is 479 g/mol. The zero-order chi connectivity index (χ0) is 25.6. The van der Waals surface area contributed by atoms with E-state index in [4.69, 9.17) is 0 Å². The van der Waals surface area contributed by atoms with E-state index in [1.165, 1.54) is 10.6 Å². The highest BCUT2D eigenvalue weighted by molar-refractivity contribution is 6.03. The highest BCUT2D eigenvalue weighted by Gasteiger charge is 2.35. The maximum atomic E-state index is 13.7. The Morgan fingerprint density at radius 2 is 1.89 bits per heavy atom. The average Bonchev–Trinajstić information content (AvgIpc) is 3.53. The van der Waals surface area contributed by atoms with Gasteiger partial charge in [-0.1, -0.05) is 12.1 Å². The van der Waals surface area contributed by atoms with Gasteiger partial charge in [0.2, 0.25) is 0 Å². The molecule has 6 nitrogen and oxygen atoms in total. The fraction of sp³-hybridized carbons (Fsp3) is 0.321. The summed E-state index contributed by atoms with van der Waals surface area (Å²) in [6, 6.07) is 9.68. The van der Waals surface area contributed by atoms with Crippen molar-refractivity contribution in [1.29, 1.82) is 0 Å². The first-order chi connectivity index (χ1) is 17.9. The topological polar surface area (TPSA) is 63.7 Å². The molecule has 4 aromatic rings. The number of fused-ring (bicyclic) bond motifs is 2. The third-order valence-corrected chi connectivity index (χ3v) is 7.55. The van der Waals surface area contributed by atoms with Gasteiger partial charge in [0.15, 0.2) is 5.78 Å². The maximum absolute atomic E-state index is 13.7. The number of nitrogens with one attached hydrogen (secondary N) is 1. The zero-order valence-corrected chi connectivity index (χ0v) is 20.1. The standard InChI is InChI=1S/C28H26F3N5O/c29-28(30,31)22-8-5-15-36-26(22)16-24(34-36)20-12-11-18(6-3-9-23-19(20)7-4-13-32-23)27(37)21-17-33-35-14-2-1-10-25(21)35/h1-2,4-5,8,10,13-18,20,32H,3,6-7,9,11-12H2/t18?,20-/m0/s1. The van der Waals surface area contributed by atoms with Crippen LogP contribution in [0.15, 0.2) is 78.5 Å². The number of rotatable bonds is 3. The van der Waals surface area contributed by atoms with Crippen LogP contribution in [-0.2, 0) is 6.18 Å². The Balaban J connectivity index is 1.36. The van der Waals surface area contributed by atoms with Crippen LogP contribution in [-0.4, -0.2) is 25.0 Å². The third kappa shape index (κ3) is 4.32. The Hall–Kier alpha value is -3.88. The van der Waals surface area contributed by atoms with Gasteiger partial charge in [-0.25, -0.2) is 9.03 Å². The van der Waals surface area contributed by atoms with Gasteiger partial charge in [0, 0.05) is 29.9 Å². The number of carbonyl (C=O) groups excluding carboxylic acids is 1. The van der Waals surface area contributed by atoms with E-state index in [1.807, 2.05) is 36.7 Å². The predicted octanol–water partition coefficient (Wildman–Crippen LogP) is 6.31. The number of alkyl halides is 3. The molecule has 37 heavy (non-hydrogen) atoms. The van der Waals surface area contributed by atoms with Crippen molar-refractivity contribution in [3.63, 3.8) is 0 Å². The molecule has 1 unspecified atom stereocenters. The van der Waals surface area contributed by atoms with E-state index in [0.29, 0.717) is 30.5 Å². The molecule has 190 valence electrons. The number of carbonyl (C=O) groups is 1. The second kappa shape index (κ2) is 9.21. The molecule has 1 aliphatic heterocycles. The fourth-order valence-electron chi connectivity index (χ4n) is 5.74. The Kier molecular flexibility index (Phi) is 5.85. The molecule has 9 heteroatoms. The van der Waals surface area contributed by atoms with Gasteiger partial charge >= 0.3 is 6.18 Å². The number of allylic oxidation sites excluding steroid dienone is 3. The molecular formula is C28H26F3N5O. The molecule has 0 bridgehead atoms. The third-order valence-electron chi connectivity index (χ3n) is 7.55. The van der Waals surface area contributed by atoms with Crippen molar-refractivity contribution < 1.29 is 18.0 Å². The van der Waals surface area contributed by atoms with E-state index < -0.39 is 11.7 Å². The van der Waals surface area contributed by atoms with Crippen LogP contribution in [0.4, 0.5) is 13.2 Å². The van der Waals surface area contributed by atoms with Gasteiger partial charge in [-0.3, -0.25) is 4.79 Å². The van der Waals surface area contributed by atoms with E-state index in [2.05, 4.69) is 15.5 Å². The lowest BCUT2D eigenvalue weighted by molar-refractivity contribution is -0.136. The molecule has 5 heterocycles. The fourth-order valence-corrected chi connectivity index (χ4v) is 5.74. The van der Waals surface area contributed by atoms with Gasteiger partial charge in [-0.05, 0) is 80.6 Å². The Morgan fingerprint density at radius 1 is 1.03 bits per heavy atom. The summed E-state index contributed by atoms with van der Waals surface area (Å²) < 4.78 is 44.1. The van der Waals surface area contributed by atoms with Crippen molar-refractivity contribution in [2.75, 3.05) is 0 Å². The summed E-state index contributed by atoms with van der Waals surface area (Å²) in [7, 11) is 0. The highest BCUT2D eigenvalue weighted by Crippen LogP contribution is 2.40. The van der Waals surface area contributed by atoms with Crippen LogP contribution in [0.2, 0.25) is 0 Å². The largest absolute Gasteiger partial charge is 0.418 e. The van der Waals surface area contributed by atoms with Crippen LogP contribution in [0.1, 0.15) is 66.1 Å². The van der Waals surface area contributed by atoms with Gasteiger partial charge in [0.05, 0.1) is 34.1 Å². The number of Topliss-reactive ketones (excluding diaryl/α,β-unsaturated/α-hetero) is 1. The van der Waals surface area contributed by atoms with E-state index >= 15 is 0 Å². The number of pyridine rings is 2. The number of hydrogen-bond donors (Lipinski definition) is 1. The normalized spacial score (nSPS) is 20.8. The second-order valence-corrected chi connectivity index (χ2v) is 9.75. The van der Waals surface area contributed by atoms with Crippen LogP contribution in [0.3, 0.4) is 0 Å². The Bertz CT molecular complexity index is 1540. The minimum absolute atomic E-state index is 0.0466. The average molecular weight is 506 g/mol.